The fourth-order valence-corrected chi connectivity index (χ4v) is 4.16. The van der Waals surface area contributed by atoms with Crippen LogP contribution in [0, 0.1) is 5.92 Å². The minimum absolute atomic E-state index is 0.0210. The second-order valence-corrected chi connectivity index (χ2v) is 6.55. The molecular weight excluding hydrogens is 314 g/mol. The normalized spacial score (nSPS) is 34.4. The zero-order valence-corrected chi connectivity index (χ0v) is 13.1. The van der Waals surface area contributed by atoms with Crippen molar-refractivity contribution >= 4 is 17.0 Å². The lowest BCUT2D eigenvalue weighted by Gasteiger charge is -2.39. The largest absolute Gasteiger partial charge is 0.394 e. The first-order valence-corrected chi connectivity index (χ1v) is 8.18. The standard InChI is InChI=1S/C15H21N5O4/c16-13-10-14(18-6-17-13)20(7-19-10)15(8-3-1-2-4-8)12(23)11(22)9(5-21)24-15/h6-9,11-12,21-23H,1-5H2,(H2,16,17,18)/t9-,11-,12-,15-/m1/s1. The van der Waals surface area contributed by atoms with Gasteiger partial charge in [0.1, 0.15) is 30.2 Å². The first kappa shape index (κ1) is 15.7. The maximum atomic E-state index is 10.9. The highest BCUT2D eigenvalue weighted by molar-refractivity contribution is 5.81. The van der Waals surface area contributed by atoms with Gasteiger partial charge >= 0.3 is 0 Å². The van der Waals surface area contributed by atoms with Crippen LogP contribution in [-0.2, 0) is 10.5 Å². The molecule has 1 saturated carbocycles. The molecule has 9 heteroatoms. The second kappa shape index (κ2) is 5.62. The fourth-order valence-electron chi connectivity index (χ4n) is 4.16. The molecule has 0 radical (unpaired) electrons. The molecule has 1 saturated heterocycles. The Balaban J connectivity index is 1.91. The minimum Gasteiger partial charge on any atom is -0.394 e. The molecule has 130 valence electrons. The third-order valence-corrected chi connectivity index (χ3v) is 5.33. The SMILES string of the molecule is Nc1ncnc2c1ncn2[C@]1(C2CCCC2)O[C@H](CO)[C@@H](O)[C@H]1O. The molecule has 2 fully saturated rings. The Kier molecular flexibility index (Phi) is 3.68. The van der Waals surface area contributed by atoms with Crippen LogP contribution in [0.4, 0.5) is 5.82 Å². The van der Waals surface area contributed by atoms with Crippen LogP contribution in [0.5, 0.6) is 0 Å². The molecule has 0 bridgehead atoms. The lowest BCUT2D eigenvalue weighted by atomic mass is 9.87. The van der Waals surface area contributed by atoms with Crippen molar-refractivity contribution in [3.05, 3.63) is 12.7 Å². The van der Waals surface area contributed by atoms with Gasteiger partial charge in [0, 0.05) is 5.92 Å². The first-order chi connectivity index (χ1) is 11.6. The van der Waals surface area contributed by atoms with E-state index in [9.17, 15) is 15.3 Å². The van der Waals surface area contributed by atoms with Gasteiger partial charge in [-0.15, -0.1) is 0 Å². The average molecular weight is 335 g/mol. The zero-order chi connectivity index (χ0) is 16.9. The maximum Gasteiger partial charge on any atom is 0.179 e. The summed E-state index contributed by atoms with van der Waals surface area (Å²) < 4.78 is 7.72. The molecule has 1 aliphatic heterocycles. The molecule has 2 aliphatic rings. The number of rotatable bonds is 3. The van der Waals surface area contributed by atoms with Crippen molar-refractivity contribution in [2.45, 2.75) is 49.7 Å². The Morgan fingerprint density at radius 1 is 1.25 bits per heavy atom. The van der Waals surface area contributed by atoms with Gasteiger partial charge in [0.05, 0.1) is 12.9 Å². The highest BCUT2D eigenvalue weighted by Gasteiger charge is 2.60. The number of aromatic nitrogens is 4. The van der Waals surface area contributed by atoms with Gasteiger partial charge in [-0.05, 0) is 12.8 Å². The van der Waals surface area contributed by atoms with E-state index in [1.165, 1.54) is 12.7 Å². The number of nitrogens with two attached hydrogens (primary N) is 1. The van der Waals surface area contributed by atoms with Gasteiger partial charge in [0.15, 0.2) is 17.2 Å². The van der Waals surface area contributed by atoms with Crippen LogP contribution in [0.3, 0.4) is 0 Å². The van der Waals surface area contributed by atoms with E-state index >= 15 is 0 Å². The van der Waals surface area contributed by atoms with E-state index in [0.717, 1.165) is 25.7 Å². The summed E-state index contributed by atoms with van der Waals surface area (Å²) in [7, 11) is 0. The van der Waals surface area contributed by atoms with Crippen molar-refractivity contribution < 1.29 is 20.1 Å². The van der Waals surface area contributed by atoms with Crippen LogP contribution in [0.1, 0.15) is 25.7 Å². The van der Waals surface area contributed by atoms with E-state index < -0.39 is 24.0 Å². The van der Waals surface area contributed by atoms with Gasteiger partial charge in [-0.25, -0.2) is 15.0 Å². The number of aliphatic hydroxyl groups is 3. The predicted molar refractivity (Wildman–Crippen MR) is 83.6 cm³/mol. The highest BCUT2D eigenvalue weighted by atomic mass is 16.6. The summed E-state index contributed by atoms with van der Waals surface area (Å²) in [6.45, 7) is -0.379. The highest BCUT2D eigenvalue weighted by Crippen LogP contribution is 2.48. The van der Waals surface area contributed by atoms with Gasteiger partial charge in [0.25, 0.3) is 0 Å². The molecule has 4 atom stereocenters. The van der Waals surface area contributed by atoms with Crippen molar-refractivity contribution in [1.82, 2.24) is 19.5 Å². The van der Waals surface area contributed by atoms with E-state index in [0.29, 0.717) is 11.2 Å². The molecule has 0 spiro atoms. The third kappa shape index (κ3) is 1.99. The number of nitrogen functional groups attached to an aromatic ring is 1. The molecule has 2 aromatic rings. The Labute approximate surface area is 138 Å². The summed E-state index contributed by atoms with van der Waals surface area (Å²) in [5.74, 6) is 0.222. The van der Waals surface area contributed by atoms with Crippen LogP contribution in [0.25, 0.3) is 11.2 Å². The van der Waals surface area contributed by atoms with Gasteiger partial charge in [-0.2, -0.15) is 0 Å². The van der Waals surface area contributed by atoms with Crippen molar-refractivity contribution in [1.29, 1.82) is 0 Å². The van der Waals surface area contributed by atoms with E-state index in [1.54, 1.807) is 4.57 Å². The minimum atomic E-state index is -1.22. The van der Waals surface area contributed by atoms with Crippen molar-refractivity contribution in [2.75, 3.05) is 12.3 Å². The van der Waals surface area contributed by atoms with Crippen LogP contribution >= 0.6 is 0 Å². The van der Waals surface area contributed by atoms with Crippen LogP contribution in [-0.4, -0.2) is 59.8 Å². The molecule has 3 heterocycles. The Morgan fingerprint density at radius 3 is 2.67 bits per heavy atom. The number of imidazole rings is 1. The monoisotopic (exact) mass is 335 g/mol. The zero-order valence-electron chi connectivity index (χ0n) is 13.1. The molecule has 5 N–H and O–H groups in total. The summed E-state index contributed by atoms with van der Waals surface area (Å²) in [5.41, 5.74) is 5.50. The molecule has 4 rings (SSSR count). The number of fused-ring (bicyclic) bond motifs is 1. The Morgan fingerprint density at radius 2 is 2.00 bits per heavy atom. The summed E-state index contributed by atoms with van der Waals surface area (Å²) in [6, 6.07) is 0. The number of ether oxygens (including phenoxy) is 1. The molecule has 0 unspecified atom stereocenters. The average Bonchev–Trinajstić information content (AvgIpc) is 3.29. The predicted octanol–water partition coefficient (Wildman–Crippen LogP) is -0.636. The molecule has 2 aromatic heterocycles. The van der Waals surface area contributed by atoms with E-state index in [-0.39, 0.29) is 18.3 Å². The number of nitrogens with zero attached hydrogens (tertiary/aromatic N) is 4. The van der Waals surface area contributed by atoms with Crippen molar-refractivity contribution in [3.8, 4) is 0 Å². The van der Waals surface area contributed by atoms with E-state index in [1.807, 2.05) is 0 Å². The first-order valence-electron chi connectivity index (χ1n) is 8.18. The molecule has 0 amide bonds. The quantitative estimate of drug-likeness (QED) is 0.581. The number of anilines is 1. The van der Waals surface area contributed by atoms with Gasteiger partial charge < -0.3 is 25.8 Å². The maximum absolute atomic E-state index is 10.9. The number of hydrogen-bond donors (Lipinski definition) is 4. The second-order valence-electron chi connectivity index (χ2n) is 6.55. The summed E-state index contributed by atoms with van der Waals surface area (Å²) in [4.78, 5) is 12.4. The van der Waals surface area contributed by atoms with E-state index in [2.05, 4.69) is 15.0 Å². The molecule has 1 aliphatic carbocycles. The number of aliphatic hydroxyl groups excluding tert-OH is 3. The number of hydrogen-bond acceptors (Lipinski definition) is 8. The molecule has 24 heavy (non-hydrogen) atoms. The van der Waals surface area contributed by atoms with Gasteiger partial charge in [-0.1, -0.05) is 12.8 Å². The lowest BCUT2D eigenvalue weighted by molar-refractivity contribution is -0.180. The van der Waals surface area contributed by atoms with E-state index in [4.69, 9.17) is 10.5 Å². The summed E-state index contributed by atoms with van der Waals surface area (Å²) in [5, 5.41) is 30.7. The van der Waals surface area contributed by atoms with Gasteiger partial charge in [-0.3, -0.25) is 4.57 Å². The topological polar surface area (TPSA) is 140 Å². The lowest BCUT2D eigenvalue weighted by Crippen LogP contribution is -2.50. The molecule has 0 aromatic carbocycles. The third-order valence-electron chi connectivity index (χ3n) is 5.33. The molecular formula is C15H21N5O4. The summed E-state index contributed by atoms with van der Waals surface area (Å²) >= 11 is 0. The van der Waals surface area contributed by atoms with Crippen molar-refractivity contribution in [3.63, 3.8) is 0 Å². The van der Waals surface area contributed by atoms with Crippen LogP contribution in [0.2, 0.25) is 0 Å². The molecule has 9 nitrogen and oxygen atoms in total. The Bertz CT molecular complexity index is 747. The fraction of sp³-hybridized carbons (Fsp3) is 0.667. The smallest absolute Gasteiger partial charge is 0.179 e. The van der Waals surface area contributed by atoms with Crippen LogP contribution < -0.4 is 5.73 Å². The summed E-state index contributed by atoms with van der Waals surface area (Å²) in [6.07, 6.45) is 3.34. The Hall–Kier alpha value is -1.81. The van der Waals surface area contributed by atoms with Gasteiger partial charge in [0.2, 0.25) is 0 Å². The van der Waals surface area contributed by atoms with Crippen molar-refractivity contribution in [2.24, 2.45) is 5.92 Å². The van der Waals surface area contributed by atoms with Crippen LogP contribution in [0.15, 0.2) is 12.7 Å².